The molecule has 2 aromatic heterocycles. The predicted molar refractivity (Wildman–Crippen MR) is 107 cm³/mol. The molecule has 0 bridgehead atoms. The summed E-state index contributed by atoms with van der Waals surface area (Å²) in [6, 6.07) is 13.9. The van der Waals surface area contributed by atoms with Gasteiger partial charge in [-0.3, -0.25) is 4.79 Å². The molecular formula is C23H15FN2O3. The van der Waals surface area contributed by atoms with Crippen molar-refractivity contribution in [2.45, 2.75) is 0 Å². The van der Waals surface area contributed by atoms with E-state index in [9.17, 15) is 14.3 Å². The van der Waals surface area contributed by atoms with E-state index in [-0.39, 0.29) is 22.8 Å². The average molecular weight is 386 g/mol. The van der Waals surface area contributed by atoms with Gasteiger partial charge < -0.3 is 14.4 Å². The molecule has 0 saturated heterocycles. The lowest BCUT2D eigenvalue weighted by Crippen LogP contribution is -1.99. The molecule has 2 aromatic carbocycles. The van der Waals surface area contributed by atoms with Crippen LogP contribution in [0, 0.1) is 5.82 Å². The summed E-state index contributed by atoms with van der Waals surface area (Å²) >= 11 is 0. The highest BCUT2D eigenvalue weighted by Gasteiger charge is 2.32. The Morgan fingerprint density at radius 2 is 1.97 bits per heavy atom. The molecule has 0 radical (unpaired) electrons. The maximum absolute atomic E-state index is 14.2. The summed E-state index contributed by atoms with van der Waals surface area (Å²) in [5, 5.41) is 10.4. The monoisotopic (exact) mass is 386 g/mol. The third-order valence-corrected chi connectivity index (χ3v) is 4.97. The number of aromatic hydroxyl groups is 1. The Morgan fingerprint density at radius 3 is 2.76 bits per heavy atom. The van der Waals surface area contributed by atoms with E-state index < -0.39 is 11.6 Å². The largest absolute Gasteiger partial charge is 0.508 e. The number of halogens is 1. The van der Waals surface area contributed by atoms with Gasteiger partial charge in [0.2, 0.25) is 5.78 Å². The van der Waals surface area contributed by atoms with Gasteiger partial charge in [-0.2, -0.15) is 0 Å². The first-order valence-electron chi connectivity index (χ1n) is 8.99. The topological polar surface area (TPSA) is 64.3 Å². The molecule has 4 aromatic rings. The fraction of sp³-hybridized carbons (Fsp3) is 0.0435. The lowest BCUT2D eigenvalue weighted by molar-refractivity contribution is 0.101. The second kappa shape index (κ2) is 6.31. The van der Waals surface area contributed by atoms with Crippen LogP contribution < -0.4 is 4.74 Å². The molecule has 6 heteroatoms. The maximum atomic E-state index is 14.2. The fourth-order valence-corrected chi connectivity index (χ4v) is 3.70. The number of phenolic OH excluding ortho intramolecular Hbond substituents is 1. The Balaban J connectivity index is 1.69. The van der Waals surface area contributed by atoms with E-state index in [4.69, 9.17) is 4.74 Å². The van der Waals surface area contributed by atoms with Gasteiger partial charge in [0.15, 0.2) is 5.76 Å². The standard InChI is InChI=1S/C23H15FN2O3/c1-26-12-14(9-19-22(28)21-17(24)10-15(27)11-18(21)29-19)20-16(7-8-25-23(20)26)13-5-3-2-4-6-13/h2-12,27H,1H3. The predicted octanol–water partition coefficient (Wildman–Crippen LogP) is 4.70. The van der Waals surface area contributed by atoms with Crippen molar-refractivity contribution in [3.05, 3.63) is 83.6 Å². The zero-order valence-corrected chi connectivity index (χ0v) is 15.4. The van der Waals surface area contributed by atoms with Crippen LogP contribution in [-0.4, -0.2) is 20.4 Å². The number of aryl methyl sites for hydroxylation is 1. The second-order valence-electron chi connectivity index (χ2n) is 6.86. The van der Waals surface area contributed by atoms with E-state index in [2.05, 4.69) is 4.98 Å². The van der Waals surface area contributed by atoms with Crippen molar-refractivity contribution in [2.24, 2.45) is 7.05 Å². The van der Waals surface area contributed by atoms with Crippen LogP contribution in [0.4, 0.5) is 4.39 Å². The number of carbonyl (C=O) groups excluding carboxylic acids is 1. The molecule has 0 aliphatic carbocycles. The highest BCUT2D eigenvalue weighted by atomic mass is 19.1. The van der Waals surface area contributed by atoms with E-state index >= 15 is 0 Å². The van der Waals surface area contributed by atoms with Crippen LogP contribution in [0.2, 0.25) is 0 Å². The zero-order valence-electron chi connectivity index (χ0n) is 15.4. The lowest BCUT2D eigenvalue weighted by atomic mass is 10.0. The molecule has 0 atom stereocenters. The number of Topliss-reactive ketones (excluding diaryl/α,β-unsaturated/α-hetero) is 1. The number of nitrogens with zero attached hydrogens (tertiary/aromatic N) is 2. The quantitative estimate of drug-likeness (QED) is 0.507. The first-order chi connectivity index (χ1) is 14.0. The molecule has 0 fully saturated rings. The Bertz CT molecular complexity index is 1320. The van der Waals surface area contributed by atoms with Crippen molar-refractivity contribution < 1.29 is 19.0 Å². The summed E-state index contributed by atoms with van der Waals surface area (Å²) in [6.07, 6.45) is 5.19. The molecule has 142 valence electrons. The molecule has 29 heavy (non-hydrogen) atoms. The second-order valence-corrected chi connectivity index (χ2v) is 6.86. The maximum Gasteiger partial charge on any atom is 0.234 e. The SMILES string of the molecule is Cn1cc(C=C2Oc3cc(O)cc(F)c3C2=O)c2c(-c3ccccc3)ccnc21. The number of ether oxygens (including phenoxy) is 1. The van der Waals surface area contributed by atoms with Crippen LogP contribution in [0.25, 0.3) is 28.2 Å². The number of aromatic nitrogens is 2. The first kappa shape index (κ1) is 17.2. The van der Waals surface area contributed by atoms with Crippen LogP contribution in [0.3, 0.4) is 0 Å². The van der Waals surface area contributed by atoms with Crippen molar-refractivity contribution >= 4 is 22.9 Å². The average Bonchev–Trinajstić information content (AvgIpc) is 3.19. The van der Waals surface area contributed by atoms with Crippen LogP contribution in [0.5, 0.6) is 11.5 Å². The molecular weight excluding hydrogens is 371 g/mol. The smallest absolute Gasteiger partial charge is 0.234 e. The molecule has 0 amide bonds. The van der Waals surface area contributed by atoms with Gasteiger partial charge in [-0.25, -0.2) is 9.37 Å². The third-order valence-electron chi connectivity index (χ3n) is 4.97. The minimum atomic E-state index is -0.807. The molecule has 0 saturated carbocycles. The van der Waals surface area contributed by atoms with E-state index in [0.717, 1.165) is 33.8 Å². The number of ketones is 1. The minimum absolute atomic E-state index is 0.000125. The molecule has 3 heterocycles. The number of pyridine rings is 1. The van der Waals surface area contributed by atoms with Gasteiger partial charge in [0.05, 0.1) is 0 Å². The highest BCUT2D eigenvalue weighted by molar-refractivity contribution is 6.15. The number of hydrogen-bond acceptors (Lipinski definition) is 4. The van der Waals surface area contributed by atoms with Gasteiger partial charge in [-0.15, -0.1) is 0 Å². The van der Waals surface area contributed by atoms with E-state index in [1.807, 2.05) is 54.2 Å². The van der Waals surface area contributed by atoms with Gasteiger partial charge >= 0.3 is 0 Å². The number of phenols is 1. The normalized spacial score (nSPS) is 14.4. The molecule has 1 aliphatic heterocycles. The van der Waals surface area contributed by atoms with Crippen molar-refractivity contribution in [1.29, 1.82) is 0 Å². The van der Waals surface area contributed by atoms with Crippen molar-refractivity contribution in [3.63, 3.8) is 0 Å². The summed E-state index contributed by atoms with van der Waals surface area (Å²) in [6.45, 7) is 0. The first-order valence-corrected chi connectivity index (χ1v) is 8.99. The van der Waals surface area contributed by atoms with Crippen molar-refractivity contribution in [1.82, 2.24) is 9.55 Å². The van der Waals surface area contributed by atoms with Crippen LogP contribution in [0.15, 0.2) is 66.7 Å². The fourth-order valence-electron chi connectivity index (χ4n) is 3.70. The number of carbonyl (C=O) groups is 1. The summed E-state index contributed by atoms with van der Waals surface area (Å²) in [7, 11) is 1.87. The van der Waals surface area contributed by atoms with Gasteiger partial charge in [-0.05, 0) is 23.3 Å². The number of rotatable bonds is 2. The summed E-state index contributed by atoms with van der Waals surface area (Å²) in [5.41, 5.74) is 3.30. The van der Waals surface area contributed by atoms with E-state index in [1.54, 1.807) is 12.3 Å². The zero-order chi connectivity index (χ0) is 20.1. The van der Waals surface area contributed by atoms with Crippen LogP contribution in [0.1, 0.15) is 15.9 Å². The summed E-state index contributed by atoms with van der Waals surface area (Å²) in [5.74, 6) is -1.64. The Labute approximate surface area is 165 Å². The van der Waals surface area contributed by atoms with Gasteiger partial charge in [-0.1, -0.05) is 30.3 Å². The van der Waals surface area contributed by atoms with Crippen molar-refractivity contribution in [2.75, 3.05) is 0 Å². The van der Waals surface area contributed by atoms with Gasteiger partial charge in [0, 0.05) is 42.5 Å². The molecule has 1 N–H and O–H groups in total. The summed E-state index contributed by atoms with van der Waals surface area (Å²) < 4.78 is 21.6. The number of allylic oxidation sites excluding steroid dienone is 1. The Hall–Kier alpha value is -3.93. The van der Waals surface area contributed by atoms with Crippen LogP contribution >= 0.6 is 0 Å². The number of fused-ring (bicyclic) bond motifs is 2. The molecule has 1 aliphatic rings. The van der Waals surface area contributed by atoms with Crippen molar-refractivity contribution in [3.8, 4) is 22.6 Å². The molecule has 0 unspecified atom stereocenters. The van der Waals surface area contributed by atoms with Gasteiger partial charge in [0.1, 0.15) is 28.5 Å². The Kier molecular flexibility index (Phi) is 3.74. The van der Waals surface area contributed by atoms with E-state index in [1.165, 1.54) is 6.07 Å². The Morgan fingerprint density at radius 1 is 1.17 bits per heavy atom. The highest BCUT2D eigenvalue weighted by Crippen LogP contribution is 2.38. The third kappa shape index (κ3) is 2.69. The minimum Gasteiger partial charge on any atom is -0.508 e. The molecule has 5 nitrogen and oxygen atoms in total. The number of hydrogen-bond donors (Lipinski definition) is 1. The lowest BCUT2D eigenvalue weighted by Gasteiger charge is -2.05. The number of benzene rings is 2. The summed E-state index contributed by atoms with van der Waals surface area (Å²) in [4.78, 5) is 17.2. The van der Waals surface area contributed by atoms with Crippen LogP contribution in [-0.2, 0) is 7.05 Å². The molecule has 5 rings (SSSR count). The van der Waals surface area contributed by atoms with Gasteiger partial charge in [0.25, 0.3) is 0 Å². The van der Waals surface area contributed by atoms with E-state index in [0.29, 0.717) is 0 Å². The molecule has 0 spiro atoms.